The molecule has 124 valence electrons. The molecule has 2 aromatic carbocycles. The number of aromatic hydroxyl groups is 1. The van der Waals surface area contributed by atoms with E-state index >= 15 is 0 Å². The van der Waals surface area contributed by atoms with Gasteiger partial charge in [0.05, 0.1) is 0 Å². The summed E-state index contributed by atoms with van der Waals surface area (Å²) in [5.41, 5.74) is 2.43. The van der Waals surface area contributed by atoms with Crippen molar-refractivity contribution in [3.63, 3.8) is 0 Å². The first-order chi connectivity index (χ1) is 11.6. The van der Waals surface area contributed by atoms with Crippen LogP contribution in [-0.4, -0.2) is 34.5 Å². The maximum absolute atomic E-state index is 12.5. The molecule has 0 aliphatic carbocycles. The topological polar surface area (TPSA) is 66.8 Å². The van der Waals surface area contributed by atoms with Gasteiger partial charge in [-0.15, -0.1) is 0 Å². The molecule has 0 aromatic heterocycles. The molecule has 0 saturated carbocycles. The number of rotatable bonds is 3. The van der Waals surface area contributed by atoms with Crippen molar-refractivity contribution in [3.05, 3.63) is 65.2 Å². The Morgan fingerprint density at radius 2 is 1.75 bits per heavy atom. The first-order valence-corrected chi connectivity index (χ1v) is 7.91. The fraction of sp³-hybridized carbons (Fsp3) is 0.263. The van der Waals surface area contributed by atoms with Crippen LogP contribution < -0.4 is 0 Å². The predicted octanol–water partition coefficient (Wildman–Crippen LogP) is 2.52. The molecule has 0 radical (unpaired) electrons. The summed E-state index contributed by atoms with van der Waals surface area (Å²) >= 11 is 0. The molecule has 1 heterocycles. The molecule has 0 unspecified atom stereocenters. The second kappa shape index (κ2) is 6.74. The number of nitrogens with zero attached hydrogens (tertiary/aromatic N) is 1. The lowest BCUT2D eigenvalue weighted by Gasteiger charge is -2.30. The second-order valence-electron chi connectivity index (χ2n) is 5.84. The van der Waals surface area contributed by atoms with Crippen molar-refractivity contribution in [2.45, 2.75) is 26.0 Å². The standard InChI is InChI=1S/C19H19NO4/c1-13(24-19(23)16-8-4-5-9-17(16)21)18(22)20-11-10-14-6-2-3-7-15(14)12-20/h2-9,13,21H,10-12H2,1H3/t13-/m0/s1. The average molecular weight is 325 g/mol. The summed E-state index contributed by atoms with van der Waals surface area (Å²) in [7, 11) is 0. The molecule has 5 heteroatoms. The van der Waals surface area contributed by atoms with Crippen LogP contribution in [0.25, 0.3) is 0 Å². The normalized spacial score (nSPS) is 14.6. The smallest absolute Gasteiger partial charge is 0.342 e. The van der Waals surface area contributed by atoms with Crippen LogP contribution in [-0.2, 0) is 22.5 Å². The summed E-state index contributed by atoms with van der Waals surface area (Å²) < 4.78 is 5.23. The third-order valence-electron chi connectivity index (χ3n) is 4.20. The number of amides is 1. The van der Waals surface area contributed by atoms with Gasteiger partial charge in [-0.1, -0.05) is 36.4 Å². The molecule has 0 fully saturated rings. The molecule has 1 aliphatic rings. The monoisotopic (exact) mass is 325 g/mol. The van der Waals surface area contributed by atoms with Gasteiger partial charge in [0.1, 0.15) is 11.3 Å². The highest BCUT2D eigenvalue weighted by atomic mass is 16.5. The van der Waals surface area contributed by atoms with E-state index in [4.69, 9.17) is 4.74 Å². The van der Waals surface area contributed by atoms with E-state index in [9.17, 15) is 14.7 Å². The summed E-state index contributed by atoms with van der Waals surface area (Å²) in [6, 6.07) is 14.1. The van der Waals surface area contributed by atoms with Crippen molar-refractivity contribution < 1.29 is 19.4 Å². The van der Waals surface area contributed by atoms with Gasteiger partial charge in [-0.05, 0) is 36.6 Å². The average Bonchev–Trinajstić information content (AvgIpc) is 2.60. The number of para-hydroxylation sites is 1. The van der Waals surface area contributed by atoms with E-state index in [2.05, 4.69) is 6.07 Å². The highest BCUT2D eigenvalue weighted by Gasteiger charge is 2.27. The minimum absolute atomic E-state index is 0.0566. The van der Waals surface area contributed by atoms with Gasteiger partial charge in [0.25, 0.3) is 5.91 Å². The Morgan fingerprint density at radius 3 is 2.50 bits per heavy atom. The van der Waals surface area contributed by atoms with Crippen LogP contribution in [0.4, 0.5) is 0 Å². The Kier molecular flexibility index (Phi) is 4.51. The second-order valence-corrected chi connectivity index (χ2v) is 5.84. The minimum Gasteiger partial charge on any atom is -0.507 e. The van der Waals surface area contributed by atoms with Gasteiger partial charge in [0.15, 0.2) is 6.10 Å². The summed E-state index contributed by atoms with van der Waals surface area (Å²) in [5, 5.41) is 9.69. The number of fused-ring (bicyclic) bond motifs is 1. The molecule has 1 amide bonds. The SMILES string of the molecule is C[C@H](OC(=O)c1ccccc1O)C(=O)N1CCc2ccccc2C1. The van der Waals surface area contributed by atoms with E-state index < -0.39 is 12.1 Å². The van der Waals surface area contributed by atoms with Gasteiger partial charge in [-0.3, -0.25) is 4.79 Å². The van der Waals surface area contributed by atoms with Gasteiger partial charge >= 0.3 is 5.97 Å². The molecule has 1 aliphatic heterocycles. The number of benzene rings is 2. The summed E-state index contributed by atoms with van der Waals surface area (Å²) in [6.45, 7) is 2.68. The van der Waals surface area contributed by atoms with Gasteiger partial charge < -0.3 is 14.7 Å². The highest BCUT2D eigenvalue weighted by Crippen LogP contribution is 2.21. The first kappa shape index (κ1) is 16.1. The molecule has 0 bridgehead atoms. The molecule has 1 atom stereocenters. The Hall–Kier alpha value is -2.82. The van der Waals surface area contributed by atoms with E-state index in [-0.39, 0.29) is 17.2 Å². The summed E-state index contributed by atoms with van der Waals surface area (Å²) in [4.78, 5) is 26.4. The molecular formula is C19H19NO4. The summed E-state index contributed by atoms with van der Waals surface area (Å²) in [5.74, 6) is -1.09. The van der Waals surface area contributed by atoms with Crippen LogP contribution in [0, 0.1) is 0 Å². The number of esters is 1. The van der Waals surface area contributed by atoms with Crippen molar-refractivity contribution in [2.24, 2.45) is 0 Å². The zero-order chi connectivity index (χ0) is 17.1. The van der Waals surface area contributed by atoms with E-state index in [0.717, 1.165) is 12.0 Å². The van der Waals surface area contributed by atoms with Gasteiger partial charge in [-0.25, -0.2) is 4.79 Å². The van der Waals surface area contributed by atoms with E-state index in [1.807, 2.05) is 18.2 Å². The number of phenols is 1. The molecule has 5 nitrogen and oxygen atoms in total. The van der Waals surface area contributed by atoms with Crippen LogP contribution in [0.2, 0.25) is 0 Å². The molecule has 24 heavy (non-hydrogen) atoms. The Labute approximate surface area is 140 Å². The number of carbonyl (C=O) groups is 2. The van der Waals surface area contributed by atoms with Gasteiger partial charge in [-0.2, -0.15) is 0 Å². The number of hydrogen-bond donors (Lipinski definition) is 1. The molecule has 0 spiro atoms. The van der Waals surface area contributed by atoms with Gasteiger partial charge in [0.2, 0.25) is 0 Å². The van der Waals surface area contributed by atoms with Crippen LogP contribution in [0.5, 0.6) is 5.75 Å². The molecular weight excluding hydrogens is 306 g/mol. The molecule has 3 rings (SSSR count). The Bertz CT molecular complexity index is 771. The van der Waals surface area contributed by atoms with Crippen LogP contribution in [0.3, 0.4) is 0 Å². The van der Waals surface area contributed by atoms with Crippen LogP contribution in [0.1, 0.15) is 28.4 Å². The zero-order valence-electron chi connectivity index (χ0n) is 13.4. The number of ether oxygens (including phenoxy) is 1. The van der Waals surface area contributed by atoms with Crippen molar-refractivity contribution in [1.29, 1.82) is 0 Å². The van der Waals surface area contributed by atoms with Crippen molar-refractivity contribution in [1.82, 2.24) is 4.90 Å². The highest BCUT2D eigenvalue weighted by molar-refractivity contribution is 5.94. The first-order valence-electron chi connectivity index (χ1n) is 7.91. The van der Waals surface area contributed by atoms with Crippen molar-refractivity contribution >= 4 is 11.9 Å². The number of carbonyl (C=O) groups excluding carboxylic acids is 2. The fourth-order valence-corrected chi connectivity index (χ4v) is 2.86. The maximum Gasteiger partial charge on any atom is 0.342 e. The quantitative estimate of drug-likeness (QED) is 0.881. The van der Waals surface area contributed by atoms with Crippen molar-refractivity contribution in [2.75, 3.05) is 6.54 Å². The minimum atomic E-state index is -0.901. The lowest BCUT2D eigenvalue weighted by atomic mass is 9.99. The fourth-order valence-electron chi connectivity index (χ4n) is 2.86. The summed E-state index contributed by atoms with van der Waals surface area (Å²) in [6.07, 6.45) is -0.107. The Balaban J connectivity index is 1.65. The van der Waals surface area contributed by atoms with Crippen LogP contribution in [0.15, 0.2) is 48.5 Å². The predicted molar refractivity (Wildman–Crippen MR) is 88.5 cm³/mol. The molecule has 1 N–H and O–H groups in total. The number of phenolic OH excluding ortho intramolecular Hbond substituents is 1. The van der Waals surface area contributed by atoms with Crippen LogP contribution >= 0.6 is 0 Å². The number of hydrogen-bond acceptors (Lipinski definition) is 4. The van der Waals surface area contributed by atoms with Crippen molar-refractivity contribution in [3.8, 4) is 5.75 Å². The van der Waals surface area contributed by atoms with Gasteiger partial charge in [0, 0.05) is 13.1 Å². The maximum atomic E-state index is 12.5. The lowest BCUT2D eigenvalue weighted by molar-refractivity contribution is -0.140. The third kappa shape index (κ3) is 3.25. The largest absolute Gasteiger partial charge is 0.507 e. The third-order valence-corrected chi connectivity index (χ3v) is 4.20. The molecule has 2 aromatic rings. The zero-order valence-corrected chi connectivity index (χ0v) is 13.4. The molecule has 0 saturated heterocycles. The van der Waals surface area contributed by atoms with E-state index in [1.54, 1.807) is 24.0 Å². The van der Waals surface area contributed by atoms with E-state index in [1.165, 1.54) is 17.7 Å². The van der Waals surface area contributed by atoms with E-state index in [0.29, 0.717) is 13.1 Å². The lowest BCUT2D eigenvalue weighted by Crippen LogP contribution is -2.42. The Morgan fingerprint density at radius 1 is 1.08 bits per heavy atom.